The van der Waals surface area contributed by atoms with Crippen molar-refractivity contribution in [2.75, 3.05) is 5.32 Å². The molecule has 130 valence electrons. The van der Waals surface area contributed by atoms with Gasteiger partial charge in [-0.3, -0.25) is 4.79 Å². The lowest BCUT2D eigenvalue weighted by Gasteiger charge is -2.15. The van der Waals surface area contributed by atoms with Gasteiger partial charge in [-0.25, -0.2) is 9.97 Å². The molecule has 1 aromatic carbocycles. The summed E-state index contributed by atoms with van der Waals surface area (Å²) in [5.74, 6) is 0.573. The van der Waals surface area contributed by atoms with E-state index in [1.165, 1.54) is 11.2 Å². The minimum Gasteiger partial charge on any atom is -0.358 e. The topological polar surface area (TPSA) is 66.9 Å². The molecule has 0 aliphatic rings. The molecule has 0 radical (unpaired) electrons. The first-order chi connectivity index (χ1) is 12.0. The first-order valence-corrected chi connectivity index (χ1v) is 9.15. The molecule has 0 unspecified atom stereocenters. The Morgan fingerprint density at radius 3 is 2.80 bits per heavy atom. The molecule has 7 heteroatoms. The Hall–Kier alpha value is -2.18. The van der Waals surface area contributed by atoms with Gasteiger partial charge >= 0.3 is 0 Å². The molecule has 1 amide bonds. The van der Waals surface area contributed by atoms with E-state index in [-0.39, 0.29) is 5.91 Å². The number of aromatic nitrogens is 2. The standard InChI is InChI=1S/C18H19ClN4OS/c1-10-12(3)25-18-15(10)16(21-9-22-18)23-11(2)17(24)20-8-13-6-4-5-7-14(13)19/h4-7,9,11H,8H2,1-3H3,(H,20,24)(H,21,22,23)/t11-/m1/s1. The number of carbonyl (C=O) groups is 1. The zero-order chi connectivity index (χ0) is 18.0. The molecule has 0 bridgehead atoms. The Labute approximate surface area is 155 Å². The fourth-order valence-corrected chi connectivity index (χ4v) is 3.74. The summed E-state index contributed by atoms with van der Waals surface area (Å²) in [6.45, 7) is 6.31. The first-order valence-electron chi connectivity index (χ1n) is 7.95. The van der Waals surface area contributed by atoms with E-state index in [1.54, 1.807) is 11.3 Å². The maximum atomic E-state index is 12.4. The molecule has 0 aliphatic carbocycles. The monoisotopic (exact) mass is 374 g/mol. The highest BCUT2D eigenvalue weighted by Crippen LogP contribution is 2.32. The van der Waals surface area contributed by atoms with Gasteiger partial charge in [-0.05, 0) is 38.0 Å². The zero-order valence-electron chi connectivity index (χ0n) is 14.3. The smallest absolute Gasteiger partial charge is 0.242 e. The van der Waals surface area contributed by atoms with Crippen LogP contribution in [0.2, 0.25) is 5.02 Å². The number of nitrogens with one attached hydrogen (secondary N) is 2. The summed E-state index contributed by atoms with van der Waals surface area (Å²) in [6, 6.07) is 7.04. The average molecular weight is 375 g/mol. The molecule has 3 aromatic rings. The zero-order valence-corrected chi connectivity index (χ0v) is 15.8. The quantitative estimate of drug-likeness (QED) is 0.706. The van der Waals surface area contributed by atoms with Gasteiger partial charge in [0.15, 0.2) is 0 Å². The number of hydrogen-bond acceptors (Lipinski definition) is 5. The number of anilines is 1. The van der Waals surface area contributed by atoms with E-state index < -0.39 is 6.04 Å². The van der Waals surface area contributed by atoms with Gasteiger partial charge in [-0.1, -0.05) is 29.8 Å². The van der Waals surface area contributed by atoms with Crippen molar-refractivity contribution in [1.82, 2.24) is 15.3 Å². The van der Waals surface area contributed by atoms with Gasteiger partial charge < -0.3 is 10.6 Å². The summed E-state index contributed by atoms with van der Waals surface area (Å²) in [4.78, 5) is 23.2. The number of rotatable bonds is 5. The van der Waals surface area contributed by atoms with Crippen LogP contribution >= 0.6 is 22.9 Å². The van der Waals surface area contributed by atoms with Crippen molar-refractivity contribution >= 4 is 44.9 Å². The predicted octanol–water partition coefficient (Wildman–Crippen LogP) is 4.08. The van der Waals surface area contributed by atoms with E-state index in [0.717, 1.165) is 21.3 Å². The molecule has 25 heavy (non-hydrogen) atoms. The van der Waals surface area contributed by atoms with Crippen LogP contribution in [-0.4, -0.2) is 21.9 Å². The molecule has 1 atom stereocenters. The maximum Gasteiger partial charge on any atom is 0.242 e. The van der Waals surface area contributed by atoms with Gasteiger partial charge in [0.25, 0.3) is 0 Å². The Morgan fingerprint density at radius 2 is 2.04 bits per heavy atom. The van der Waals surface area contributed by atoms with Crippen LogP contribution in [0.15, 0.2) is 30.6 Å². The summed E-state index contributed by atoms with van der Waals surface area (Å²) in [5, 5.41) is 7.73. The molecule has 0 aliphatic heterocycles. The van der Waals surface area contributed by atoms with Gasteiger partial charge in [0.1, 0.15) is 23.0 Å². The van der Waals surface area contributed by atoms with Gasteiger partial charge in [-0.15, -0.1) is 11.3 Å². The maximum absolute atomic E-state index is 12.4. The number of hydrogen-bond donors (Lipinski definition) is 2. The lowest BCUT2D eigenvalue weighted by molar-refractivity contribution is -0.121. The largest absolute Gasteiger partial charge is 0.358 e. The van der Waals surface area contributed by atoms with Crippen molar-refractivity contribution in [2.45, 2.75) is 33.4 Å². The van der Waals surface area contributed by atoms with Crippen molar-refractivity contribution < 1.29 is 4.79 Å². The lowest BCUT2D eigenvalue weighted by atomic mass is 10.2. The van der Waals surface area contributed by atoms with Crippen molar-refractivity contribution in [3.05, 3.63) is 51.6 Å². The van der Waals surface area contributed by atoms with E-state index >= 15 is 0 Å². The van der Waals surface area contributed by atoms with Crippen LogP contribution in [0.25, 0.3) is 10.2 Å². The van der Waals surface area contributed by atoms with Crippen LogP contribution in [0.3, 0.4) is 0 Å². The molecule has 0 spiro atoms. The van der Waals surface area contributed by atoms with E-state index in [0.29, 0.717) is 17.4 Å². The van der Waals surface area contributed by atoms with E-state index in [9.17, 15) is 4.79 Å². The van der Waals surface area contributed by atoms with E-state index in [1.807, 2.05) is 38.1 Å². The Bertz CT molecular complexity index is 925. The third-order valence-electron chi connectivity index (χ3n) is 4.12. The van der Waals surface area contributed by atoms with Crippen LogP contribution in [0.5, 0.6) is 0 Å². The number of nitrogens with zero attached hydrogens (tertiary/aromatic N) is 2. The van der Waals surface area contributed by atoms with Crippen LogP contribution in [0, 0.1) is 13.8 Å². The van der Waals surface area contributed by atoms with Crippen molar-refractivity contribution in [1.29, 1.82) is 0 Å². The molecule has 2 heterocycles. The Morgan fingerprint density at radius 1 is 1.28 bits per heavy atom. The molecule has 2 N–H and O–H groups in total. The number of amides is 1. The number of halogens is 1. The summed E-state index contributed by atoms with van der Waals surface area (Å²) >= 11 is 7.75. The van der Waals surface area contributed by atoms with Crippen molar-refractivity contribution in [3.63, 3.8) is 0 Å². The minimum atomic E-state index is -0.430. The van der Waals surface area contributed by atoms with E-state index in [4.69, 9.17) is 11.6 Å². The molecule has 2 aromatic heterocycles. The number of benzene rings is 1. The highest BCUT2D eigenvalue weighted by atomic mass is 35.5. The summed E-state index contributed by atoms with van der Waals surface area (Å²) in [5.41, 5.74) is 2.03. The normalized spacial score (nSPS) is 12.2. The molecule has 3 rings (SSSR count). The number of carbonyl (C=O) groups excluding carboxylic acids is 1. The number of thiophene rings is 1. The lowest BCUT2D eigenvalue weighted by Crippen LogP contribution is -2.37. The first kappa shape index (κ1) is 17.6. The minimum absolute atomic E-state index is 0.115. The van der Waals surface area contributed by atoms with Crippen LogP contribution in [0.1, 0.15) is 22.9 Å². The number of fused-ring (bicyclic) bond motifs is 1. The second kappa shape index (κ2) is 7.37. The van der Waals surface area contributed by atoms with Crippen LogP contribution in [-0.2, 0) is 11.3 Å². The fourth-order valence-electron chi connectivity index (χ4n) is 2.54. The van der Waals surface area contributed by atoms with Gasteiger partial charge in [0.05, 0.1) is 5.39 Å². The SMILES string of the molecule is Cc1sc2ncnc(N[C@H](C)C(=O)NCc3ccccc3Cl)c2c1C. The van der Waals surface area contributed by atoms with Crippen molar-refractivity contribution in [2.24, 2.45) is 0 Å². The highest BCUT2D eigenvalue weighted by molar-refractivity contribution is 7.18. The van der Waals surface area contributed by atoms with Gasteiger partial charge in [-0.2, -0.15) is 0 Å². The molecule has 0 fully saturated rings. The molecular weight excluding hydrogens is 356 g/mol. The van der Waals surface area contributed by atoms with Crippen molar-refractivity contribution in [3.8, 4) is 0 Å². The Balaban J connectivity index is 1.71. The van der Waals surface area contributed by atoms with Gasteiger partial charge in [0.2, 0.25) is 5.91 Å². The average Bonchev–Trinajstić information content (AvgIpc) is 2.89. The third-order valence-corrected chi connectivity index (χ3v) is 5.61. The van der Waals surface area contributed by atoms with Crippen LogP contribution in [0.4, 0.5) is 5.82 Å². The summed E-state index contributed by atoms with van der Waals surface area (Å²) in [6.07, 6.45) is 1.52. The second-order valence-corrected chi connectivity index (χ2v) is 7.47. The van der Waals surface area contributed by atoms with E-state index in [2.05, 4.69) is 27.5 Å². The fraction of sp³-hybridized carbons (Fsp3) is 0.278. The third kappa shape index (κ3) is 3.75. The number of aryl methyl sites for hydroxylation is 2. The molecule has 5 nitrogen and oxygen atoms in total. The predicted molar refractivity (Wildman–Crippen MR) is 103 cm³/mol. The Kier molecular flexibility index (Phi) is 5.20. The molecular formula is C18H19ClN4OS. The molecule has 0 saturated heterocycles. The highest BCUT2D eigenvalue weighted by Gasteiger charge is 2.17. The second-order valence-electron chi connectivity index (χ2n) is 5.86. The molecule has 0 saturated carbocycles. The summed E-state index contributed by atoms with van der Waals surface area (Å²) < 4.78 is 0. The van der Waals surface area contributed by atoms with Gasteiger partial charge in [0, 0.05) is 16.4 Å². The van der Waals surface area contributed by atoms with Crippen LogP contribution < -0.4 is 10.6 Å². The summed E-state index contributed by atoms with van der Waals surface area (Å²) in [7, 11) is 0.